The molecule has 1 aromatic heterocycles. The molecule has 1 heterocycles. The van der Waals surface area contributed by atoms with Crippen LogP contribution >= 0.6 is 12.6 Å². The first-order chi connectivity index (χ1) is 14.2. The van der Waals surface area contributed by atoms with E-state index in [0.717, 1.165) is 16.5 Å². The Morgan fingerprint density at radius 3 is 2.37 bits per heavy atom. The van der Waals surface area contributed by atoms with E-state index in [-0.39, 0.29) is 18.6 Å². The number of thiol groups is 1. The Morgan fingerprint density at radius 2 is 1.73 bits per heavy atom. The van der Waals surface area contributed by atoms with Gasteiger partial charge in [0.15, 0.2) is 0 Å². The average molecular weight is 436 g/mol. The summed E-state index contributed by atoms with van der Waals surface area (Å²) in [6.45, 7) is 0. The molecule has 0 aliphatic carbocycles. The summed E-state index contributed by atoms with van der Waals surface area (Å²) in [5.74, 6) is -4.02. The van der Waals surface area contributed by atoms with Crippen molar-refractivity contribution >= 4 is 47.3 Å². The van der Waals surface area contributed by atoms with E-state index in [1.54, 1.807) is 6.20 Å². The van der Waals surface area contributed by atoms with Crippen LogP contribution in [-0.2, 0) is 25.6 Å². The molecule has 10 nitrogen and oxygen atoms in total. The fraction of sp³-hybridized carbons (Fsp3) is 0.368. The van der Waals surface area contributed by atoms with Gasteiger partial charge in [-0.15, -0.1) is 0 Å². The van der Waals surface area contributed by atoms with Crippen molar-refractivity contribution in [2.24, 2.45) is 5.73 Å². The summed E-state index contributed by atoms with van der Waals surface area (Å²) in [4.78, 5) is 49.8. The van der Waals surface area contributed by atoms with Crippen LogP contribution in [0.15, 0.2) is 30.5 Å². The topological polar surface area (TPSA) is 175 Å². The van der Waals surface area contributed by atoms with E-state index in [4.69, 9.17) is 15.9 Å². The van der Waals surface area contributed by atoms with E-state index in [2.05, 4.69) is 28.2 Å². The number of nitrogens with one attached hydrogen (secondary N) is 3. The van der Waals surface area contributed by atoms with E-state index in [0.29, 0.717) is 0 Å². The zero-order valence-electron chi connectivity index (χ0n) is 16.0. The van der Waals surface area contributed by atoms with E-state index >= 15 is 0 Å². The number of carboxylic acid groups (broad SMARTS) is 2. The van der Waals surface area contributed by atoms with Crippen molar-refractivity contribution in [2.75, 3.05) is 5.75 Å². The van der Waals surface area contributed by atoms with Gasteiger partial charge in [0.1, 0.15) is 12.1 Å². The highest BCUT2D eigenvalue weighted by Gasteiger charge is 2.27. The Balaban J connectivity index is 1.97. The van der Waals surface area contributed by atoms with Crippen LogP contribution in [-0.4, -0.2) is 62.8 Å². The number of carbonyl (C=O) groups excluding carboxylic acids is 2. The van der Waals surface area contributed by atoms with Gasteiger partial charge in [-0.3, -0.25) is 14.4 Å². The zero-order chi connectivity index (χ0) is 22.3. The lowest BCUT2D eigenvalue weighted by Crippen LogP contribution is -2.55. The summed E-state index contributed by atoms with van der Waals surface area (Å²) in [5, 5.41) is 23.5. The molecule has 0 saturated carbocycles. The molecule has 0 aliphatic rings. The molecule has 0 fully saturated rings. The molecule has 162 valence electrons. The Kier molecular flexibility index (Phi) is 8.25. The van der Waals surface area contributed by atoms with Crippen LogP contribution in [0.25, 0.3) is 10.9 Å². The van der Waals surface area contributed by atoms with Crippen molar-refractivity contribution in [3.05, 3.63) is 36.0 Å². The number of amides is 2. The predicted octanol–water partition coefficient (Wildman–Crippen LogP) is -0.113. The molecule has 0 aliphatic heterocycles. The fourth-order valence-electron chi connectivity index (χ4n) is 2.90. The Morgan fingerprint density at radius 1 is 1.07 bits per heavy atom. The summed E-state index contributed by atoms with van der Waals surface area (Å²) in [6, 6.07) is 4.09. The van der Waals surface area contributed by atoms with E-state index in [1.165, 1.54) is 0 Å². The van der Waals surface area contributed by atoms with E-state index in [1.807, 2.05) is 24.3 Å². The number of hydrogen-bond donors (Lipinski definition) is 7. The highest BCUT2D eigenvalue weighted by molar-refractivity contribution is 7.80. The van der Waals surface area contributed by atoms with Gasteiger partial charge in [-0.2, -0.15) is 12.6 Å². The molecule has 11 heteroatoms. The minimum absolute atomic E-state index is 0.0946. The minimum Gasteiger partial charge on any atom is -0.481 e. The molecule has 30 heavy (non-hydrogen) atoms. The largest absolute Gasteiger partial charge is 0.481 e. The lowest BCUT2D eigenvalue weighted by molar-refractivity contribution is -0.143. The number of hydrogen-bond acceptors (Lipinski definition) is 6. The number of H-pyrrole nitrogens is 1. The first kappa shape index (κ1) is 23.2. The summed E-state index contributed by atoms with van der Waals surface area (Å²) in [7, 11) is 0. The number of carboxylic acids is 2. The molecule has 0 spiro atoms. The third-order valence-corrected chi connectivity index (χ3v) is 4.89. The quantitative estimate of drug-likeness (QED) is 0.240. The lowest BCUT2D eigenvalue weighted by Gasteiger charge is -2.21. The molecule has 7 N–H and O–H groups in total. The summed E-state index contributed by atoms with van der Waals surface area (Å²) in [6.07, 6.45) is 1.28. The van der Waals surface area contributed by atoms with Gasteiger partial charge in [0.25, 0.3) is 0 Å². The second-order valence-corrected chi connectivity index (χ2v) is 7.11. The molecule has 1 aromatic carbocycles. The number of fused-ring (bicyclic) bond motifs is 1. The highest BCUT2D eigenvalue weighted by atomic mass is 32.1. The molecular formula is C19H24N4O6S. The molecule has 2 aromatic rings. The normalized spacial score (nSPS) is 13.9. The van der Waals surface area contributed by atoms with Crippen molar-refractivity contribution < 1.29 is 29.4 Å². The molecule has 2 amide bonds. The predicted molar refractivity (Wildman–Crippen MR) is 112 cm³/mol. The number of aromatic nitrogens is 1. The zero-order valence-corrected chi connectivity index (χ0v) is 16.9. The van der Waals surface area contributed by atoms with Gasteiger partial charge in [-0.25, -0.2) is 4.79 Å². The molecular weight excluding hydrogens is 412 g/mol. The Bertz CT molecular complexity index is 931. The third-order valence-electron chi connectivity index (χ3n) is 4.53. The second kappa shape index (κ2) is 10.6. The smallest absolute Gasteiger partial charge is 0.326 e. The second-order valence-electron chi connectivity index (χ2n) is 6.75. The summed E-state index contributed by atoms with van der Waals surface area (Å²) >= 11 is 4.03. The van der Waals surface area contributed by atoms with Crippen molar-refractivity contribution in [1.82, 2.24) is 15.6 Å². The van der Waals surface area contributed by atoms with Crippen molar-refractivity contribution in [2.45, 2.75) is 37.4 Å². The molecule has 0 radical (unpaired) electrons. The van der Waals surface area contributed by atoms with Crippen LogP contribution in [0.5, 0.6) is 0 Å². The number of nitrogens with two attached hydrogens (primary N) is 1. The van der Waals surface area contributed by atoms with Gasteiger partial charge in [0.2, 0.25) is 11.8 Å². The van der Waals surface area contributed by atoms with Crippen LogP contribution in [0.2, 0.25) is 0 Å². The van der Waals surface area contributed by atoms with Crippen LogP contribution in [0.3, 0.4) is 0 Å². The molecule has 0 saturated heterocycles. The monoisotopic (exact) mass is 436 g/mol. The van der Waals surface area contributed by atoms with Gasteiger partial charge in [-0.05, 0) is 24.5 Å². The maximum Gasteiger partial charge on any atom is 0.326 e. The van der Waals surface area contributed by atoms with Gasteiger partial charge in [0.05, 0.1) is 6.04 Å². The summed E-state index contributed by atoms with van der Waals surface area (Å²) in [5.41, 5.74) is 7.75. The van der Waals surface area contributed by atoms with Gasteiger partial charge in [-0.1, -0.05) is 18.2 Å². The number of aliphatic carboxylic acids is 2. The van der Waals surface area contributed by atoms with Crippen LogP contribution in [0, 0.1) is 0 Å². The van der Waals surface area contributed by atoms with Crippen molar-refractivity contribution in [3.8, 4) is 0 Å². The first-order valence-corrected chi connectivity index (χ1v) is 9.83. The standard InChI is InChI=1S/C19H24N4O6S/c20-12(7-10-8-21-13-4-2-1-3-11(10)13)17(26)23-15(9-30)18(27)22-14(19(28)29)5-6-16(24)25/h1-4,8,12,14-15,21,30H,5-7,9,20H2,(H,22,27)(H,23,26)(H,24,25)(H,28,29)/t12-,14-,15-/m0/s1. The van der Waals surface area contributed by atoms with Gasteiger partial charge in [0, 0.05) is 29.3 Å². The number of rotatable bonds is 11. The van der Waals surface area contributed by atoms with E-state index < -0.39 is 48.3 Å². The van der Waals surface area contributed by atoms with Gasteiger partial charge < -0.3 is 31.6 Å². The molecule has 0 unspecified atom stereocenters. The van der Waals surface area contributed by atoms with Crippen LogP contribution in [0.4, 0.5) is 0 Å². The average Bonchev–Trinajstić information content (AvgIpc) is 3.11. The Labute approximate surface area is 177 Å². The molecule has 2 rings (SSSR count). The van der Waals surface area contributed by atoms with E-state index in [9.17, 15) is 19.2 Å². The number of aromatic amines is 1. The first-order valence-electron chi connectivity index (χ1n) is 9.19. The van der Waals surface area contributed by atoms with Crippen LogP contribution < -0.4 is 16.4 Å². The molecule has 3 atom stereocenters. The van der Waals surface area contributed by atoms with Gasteiger partial charge >= 0.3 is 11.9 Å². The minimum atomic E-state index is -1.40. The molecule has 0 bridgehead atoms. The highest BCUT2D eigenvalue weighted by Crippen LogP contribution is 2.18. The SMILES string of the molecule is N[C@@H](Cc1c[nH]c2ccccc12)C(=O)N[C@@H](CS)C(=O)N[C@@H](CCC(=O)O)C(=O)O. The van der Waals surface area contributed by atoms with Crippen LogP contribution in [0.1, 0.15) is 18.4 Å². The number of carbonyl (C=O) groups is 4. The summed E-state index contributed by atoms with van der Waals surface area (Å²) < 4.78 is 0. The maximum absolute atomic E-state index is 12.5. The Hall–Kier alpha value is -3.05. The number of benzene rings is 1. The van der Waals surface area contributed by atoms with Crippen molar-refractivity contribution in [1.29, 1.82) is 0 Å². The van der Waals surface area contributed by atoms with Crippen molar-refractivity contribution in [3.63, 3.8) is 0 Å². The lowest BCUT2D eigenvalue weighted by atomic mass is 10.0. The maximum atomic E-state index is 12.5. The number of para-hydroxylation sites is 1. The fourth-order valence-corrected chi connectivity index (χ4v) is 3.16. The third kappa shape index (κ3) is 6.22.